The van der Waals surface area contributed by atoms with Crippen LogP contribution in [-0.4, -0.2) is 23.8 Å². The number of fused-ring (bicyclic) bond motifs is 3. The van der Waals surface area contributed by atoms with Gasteiger partial charge in [-0.25, -0.2) is 4.79 Å². The molecule has 1 heterocycles. The molecule has 2 aliphatic carbocycles. The molecule has 0 amide bonds. The van der Waals surface area contributed by atoms with Crippen LogP contribution in [0.25, 0.3) is 0 Å². The van der Waals surface area contributed by atoms with Gasteiger partial charge in [0.2, 0.25) is 0 Å². The van der Waals surface area contributed by atoms with Gasteiger partial charge in [0.1, 0.15) is 5.75 Å². The van der Waals surface area contributed by atoms with Gasteiger partial charge in [-0.2, -0.15) is 0 Å². The van der Waals surface area contributed by atoms with Gasteiger partial charge in [-0.15, -0.1) is 0 Å². The smallest absolute Gasteiger partial charge is 0.341 e. The van der Waals surface area contributed by atoms with E-state index >= 15 is 0 Å². The van der Waals surface area contributed by atoms with Crippen LogP contribution in [0.5, 0.6) is 5.75 Å². The third kappa shape index (κ3) is 3.32. The first kappa shape index (κ1) is 16.6. The third-order valence-corrected chi connectivity index (χ3v) is 5.92. The summed E-state index contributed by atoms with van der Waals surface area (Å²) < 4.78 is 12.2. The van der Waals surface area contributed by atoms with Gasteiger partial charge in [0.05, 0.1) is 12.2 Å². The summed E-state index contributed by atoms with van der Waals surface area (Å²) in [6.45, 7) is -0.316. The number of para-hydroxylation sites is 1. The zero-order valence-electron chi connectivity index (χ0n) is 14.5. The lowest BCUT2D eigenvalue weighted by Gasteiger charge is -2.47. The lowest BCUT2D eigenvalue weighted by molar-refractivity contribution is -0.139. The Hall–Kier alpha value is -1.81. The topological polar surface area (TPSA) is 55.8 Å². The average Bonchev–Trinajstić information content (AvgIpc) is 2.66. The Kier molecular flexibility index (Phi) is 4.80. The van der Waals surface area contributed by atoms with Crippen molar-refractivity contribution in [3.63, 3.8) is 0 Å². The van der Waals surface area contributed by atoms with E-state index in [9.17, 15) is 4.79 Å². The summed E-state index contributed by atoms with van der Waals surface area (Å²) in [5.41, 5.74) is 2.60. The molecule has 0 bridgehead atoms. The van der Waals surface area contributed by atoms with Gasteiger partial charge < -0.3 is 14.6 Å². The van der Waals surface area contributed by atoms with E-state index in [2.05, 4.69) is 6.08 Å². The van der Waals surface area contributed by atoms with Crippen LogP contribution in [0.2, 0.25) is 0 Å². The molecule has 4 rings (SSSR count). The molecule has 25 heavy (non-hydrogen) atoms. The van der Waals surface area contributed by atoms with E-state index in [0.29, 0.717) is 23.7 Å². The molecule has 4 heteroatoms. The van der Waals surface area contributed by atoms with Crippen LogP contribution in [0.1, 0.15) is 56.6 Å². The molecule has 1 saturated heterocycles. The Morgan fingerprint density at radius 3 is 2.80 bits per heavy atom. The van der Waals surface area contributed by atoms with Gasteiger partial charge in [-0.05, 0) is 38.2 Å². The molecule has 0 unspecified atom stereocenters. The Labute approximate surface area is 148 Å². The standard InChI is InChI=1S/C21H26O4/c22-20(23)13-24-18-11-5-4-10-17(18)21-16-9-2-1-7-14(16)15-8-3-6-12-19(15)25-21/h4-5,7,10-11,15-16,19,21H,1-3,6,8-9,12-13H2,(H,22,23)/t15-,16-,19+,21-/m0/s1. The van der Waals surface area contributed by atoms with Crippen molar-refractivity contribution in [3.05, 3.63) is 41.5 Å². The SMILES string of the molecule is O=C(O)COc1ccccc1[C@H]1O[C@@H]2CCCC[C@H]2C2=CCCC[C@@H]21. The Morgan fingerprint density at radius 1 is 1.12 bits per heavy atom. The fourth-order valence-electron chi connectivity index (χ4n) is 4.88. The van der Waals surface area contributed by atoms with Gasteiger partial charge in [0.15, 0.2) is 6.61 Å². The molecule has 1 aliphatic heterocycles. The lowest BCUT2D eigenvalue weighted by atomic mass is 9.68. The number of carboxylic acid groups (broad SMARTS) is 1. The maximum Gasteiger partial charge on any atom is 0.341 e. The highest BCUT2D eigenvalue weighted by Gasteiger charge is 2.44. The zero-order chi connectivity index (χ0) is 17.2. The fourth-order valence-corrected chi connectivity index (χ4v) is 4.88. The highest BCUT2D eigenvalue weighted by molar-refractivity contribution is 5.68. The number of benzene rings is 1. The van der Waals surface area contributed by atoms with E-state index in [1.807, 2.05) is 24.3 Å². The van der Waals surface area contributed by atoms with E-state index in [4.69, 9.17) is 14.6 Å². The van der Waals surface area contributed by atoms with Crippen molar-refractivity contribution in [1.82, 2.24) is 0 Å². The molecular formula is C21H26O4. The molecule has 4 nitrogen and oxygen atoms in total. The van der Waals surface area contributed by atoms with Gasteiger partial charge in [0, 0.05) is 17.4 Å². The summed E-state index contributed by atoms with van der Waals surface area (Å²) in [6.07, 6.45) is 11.2. The molecule has 134 valence electrons. The second kappa shape index (κ2) is 7.20. The largest absolute Gasteiger partial charge is 0.482 e. The minimum absolute atomic E-state index is 0.0177. The number of carbonyl (C=O) groups is 1. The van der Waals surface area contributed by atoms with Crippen molar-refractivity contribution in [1.29, 1.82) is 0 Å². The van der Waals surface area contributed by atoms with E-state index in [1.165, 1.54) is 32.1 Å². The Balaban J connectivity index is 1.66. The quantitative estimate of drug-likeness (QED) is 0.818. The predicted molar refractivity (Wildman–Crippen MR) is 94.6 cm³/mol. The van der Waals surface area contributed by atoms with Crippen LogP contribution >= 0.6 is 0 Å². The van der Waals surface area contributed by atoms with Gasteiger partial charge in [-0.3, -0.25) is 0 Å². The molecule has 1 saturated carbocycles. The van der Waals surface area contributed by atoms with Gasteiger partial charge in [0.25, 0.3) is 0 Å². The van der Waals surface area contributed by atoms with Crippen molar-refractivity contribution in [2.45, 2.75) is 57.2 Å². The van der Waals surface area contributed by atoms with E-state index in [0.717, 1.165) is 18.4 Å². The monoisotopic (exact) mass is 342 g/mol. The maximum absolute atomic E-state index is 10.9. The highest BCUT2D eigenvalue weighted by atomic mass is 16.5. The second-order valence-electron chi connectivity index (χ2n) is 7.45. The lowest BCUT2D eigenvalue weighted by Crippen LogP contribution is -2.41. The van der Waals surface area contributed by atoms with Crippen LogP contribution in [0.4, 0.5) is 0 Å². The van der Waals surface area contributed by atoms with E-state index in [1.54, 1.807) is 5.57 Å². The average molecular weight is 342 g/mol. The zero-order valence-corrected chi connectivity index (χ0v) is 14.5. The van der Waals surface area contributed by atoms with Crippen LogP contribution in [0.3, 0.4) is 0 Å². The Bertz CT molecular complexity index is 666. The molecular weight excluding hydrogens is 316 g/mol. The second-order valence-corrected chi connectivity index (χ2v) is 7.45. The first-order chi connectivity index (χ1) is 12.2. The molecule has 4 atom stereocenters. The minimum Gasteiger partial charge on any atom is -0.482 e. The molecule has 1 N–H and O–H groups in total. The maximum atomic E-state index is 10.9. The number of ether oxygens (including phenoxy) is 2. The van der Waals surface area contributed by atoms with Gasteiger partial charge in [-0.1, -0.05) is 42.7 Å². The first-order valence-corrected chi connectivity index (χ1v) is 9.53. The molecule has 0 spiro atoms. The van der Waals surface area contributed by atoms with Crippen LogP contribution in [0, 0.1) is 11.8 Å². The summed E-state index contributed by atoms with van der Waals surface area (Å²) in [5.74, 6) is 0.684. The molecule has 1 aromatic rings. The molecule has 0 aromatic heterocycles. The highest BCUT2D eigenvalue weighted by Crippen LogP contribution is 2.52. The van der Waals surface area contributed by atoms with Crippen molar-refractivity contribution in [3.8, 4) is 5.75 Å². The number of hydrogen-bond donors (Lipinski definition) is 1. The molecule has 0 radical (unpaired) electrons. The molecule has 1 aromatic carbocycles. The minimum atomic E-state index is -0.954. The normalized spacial score (nSPS) is 31.4. The van der Waals surface area contributed by atoms with Crippen molar-refractivity contribution >= 4 is 5.97 Å². The summed E-state index contributed by atoms with van der Waals surface area (Å²) >= 11 is 0. The number of carboxylic acids is 1. The predicted octanol–water partition coefficient (Wildman–Crippen LogP) is 4.51. The van der Waals surface area contributed by atoms with Gasteiger partial charge >= 0.3 is 5.97 Å². The summed E-state index contributed by atoms with van der Waals surface area (Å²) in [7, 11) is 0. The van der Waals surface area contributed by atoms with Crippen molar-refractivity contribution in [2.24, 2.45) is 11.8 Å². The van der Waals surface area contributed by atoms with E-state index < -0.39 is 5.97 Å². The fraction of sp³-hybridized carbons (Fsp3) is 0.571. The van der Waals surface area contributed by atoms with Crippen LogP contribution in [0.15, 0.2) is 35.9 Å². The summed E-state index contributed by atoms with van der Waals surface area (Å²) in [6, 6.07) is 7.79. The number of hydrogen-bond acceptors (Lipinski definition) is 3. The Morgan fingerprint density at radius 2 is 1.92 bits per heavy atom. The number of allylic oxidation sites excluding steroid dienone is 1. The summed E-state index contributed by atoms with van der Waals surface area (Å²) in [4.78, 5) is 10.9. The number of aliphatic carboxylic acids is 1. The number of rotatable bonds is 4. The van der Waals surface area contributed by atoms with Crippen molar-refractivity contribution < 1.29 is 19.4 Å². The first-order valence-electron chi connectivity index (χ1n) is 9.53. The van der Waals surface area contributed by atoms with E-state index in [-0.39, 0.29) is 12.7 Å². The molecule has 2 fully saturated rings. The van der Waals surface area contributed by atoms with Crippen LogP contribution in [-0.2, 0) is 9.53 Å². The summed E-state index contributed by atoms with van der Waals surface area (Å²) in [5, 5.41) is 8.95. The third-order valence-electron chi connectivity index (χ3n) is 5.92. The molecule has 3 aliphatic rings. The van der Waals surface area contributed by atoms with Crippen molar-refractivity contribution in [2.75, 3.05) is 6.61 Å². The van der Waals surface area contributed by atoms with Crippen LogP contribution < -0.4 is 4.74 Å².